The van der Waals surface area contributed by atoms with Crippen LogP contribution in [0.4, 0.5) is 13.2 Å². The number of allylic oxidation sites excluding steroid dienone is 1. The summed E-state index contributed by atoms with van der Waals surface area (Å²) in [5.74, 6) is 0.460. The quantitative estimate of drug-likeness (QED) is 0.769. The van der Waals surface area contributed by atoms with Crippen molar-refractivity contribution in [3.8, 4) is 0 Å². The number of halogens is 4. The standard InChI is InChI=1S/C14H17ClF3N/c1-19-9-7-11(5-3-8-15)12-4-2-6-13(10-12)14(16,17)18/h2,4-6,10,19H,3,7-9H2,1H3. The minimum absolute atomic E-state index is 0.460. The predicted octanol–water partition coefficient (Wildman–Crippen LogP) is 4.33. The van der Waals surface area contributed by atoms with Crippen molar-refractivity contribution >= 4 is 17.2 Å². The van der Waals surface area contributed by atoms with Crippen LogP contribution in [0.3, 0.4) is 0 Å². The molecule has 106 valence electrons. The van der Waals surface area contributed by atoms with Crippen LogP contribution in [-0.2, 0) is 6.18 Å². The Morgan fingerprint density at radius 2 is 2.11 bits per heavy atom. The Morgan fingerprint density at radius 1 is 1.37 bits per heavy atom. The summed E-state index contributed by atoms with van der Waals surface area (Å²) < 4.78 is 38.0. The van der Waals surface area contributed by atoms with Crippen molar-refractivity contribution in [2.45, 2.75) is 19.0 Å². The zero-order chi connectivity index (χ0) is 14.3. The molecule has 0 fully saturated rings. The molecule has 0 spiro atoms. The summed E-state index contributed by atoms with van der Waals surface area (Å²) in [6, 6.07) is 5.41. The number of hydrogen-bond donors (Lipinski definition) is 1. The third kappa shape index (κ3) is 5.25. The molecule has 0 saturated carbocycles. The fourth-order valence-corrected chi connectivity index (χ4v) is 1.86. The van der Waals surface area contributed by atoms with E-state index in [9.17, 15) is 13.2 Å². The van der Waals surface area contributed by atoms with E-state index in [2.05, 4.69) is 5.32 Å². The first-order chi connectivity index (χ1) is 8.99. The number of rotatable bonds is 6. The van der Waals surface area contributed by atoms with Crippen LogP contribution < -0.4 is 5.32 Å². The lowest BCUT2D eigenvalue weighted by Crippen LogP contribution is -2.09. The summed E-state index contributed by atoms with van der Waals surface area (Å²) in [6.07, 6.45) is -1.08. The first kappa shape index (κ1) is 16.1. The predicted molar refractivity (Wildman–Crippen MR) is 73.3 cm³/mol. The first-order valence-corrected chi connectivity index (χ1v) is 6.59. The first-order valence-electron chi connectivity index (χ1n) is 6.06. The van der Waals surface area contributed by atoms with Crippen LogP contribution >= 0.6 is 11.6 Å². The van der Waals surface area contributed by atoms with Crippen LogP contribution in [0, 0.1) is 0 Å². The lowest BCUT2D eigenvalue weighted by molar-refractivity contribution is -0.137. The molecular formula is C14H17ClF3N. The Morgan fingerprint density at radius 3 is 2.68 bits per heavy atom. The minimum atomic E-state index is -4.31. The fraction of sp³-hybridized carbons (Fsp3) is 0.429. The second-order valence-corrected chi connectivity index (χ2v) is 4.52. The van der Waals surface area contributed by atoms with Crippen molar-refractivity contribution in [2.24, 2.45) is 0 Å². The molecule has 19 heavy (non-hydrogen) atoms. The Kier molecular flexibility index (Phi) is 6.38. The largest absolute Gasteiger partial charge is 0.416 e. The van der Waals surface area contributed by atoms with Crippen molar-refractivity contribution in [1.82, 2.24) is 5.32 Å². The number of nitrogens with one attached hydrogen (secondary N) is 1. The monoisotopic (exact) mass is 291 g/mol. The van der Waals surface area contributed by atoms with Crippen molar-refractivity contribution in [3.63, 3.8) is 0 Å². The van der Waals surface area contributed by atoms with Gasteiger partial charge in [0.2, 0.25) is 0 Å². The van der Waals surface area contributed by atoms with Gasteiger partial charge in [-0.05, 0) is 49.7 Å². The van der Waals surface area contributed by atoms with Gasteiger partial charge in [-0.1, -0.05) is 18.2 Å². The molecule has 1 aromatic rings. The molecule has 1 rings (SSSR count). The van der Waals surface area contributed by atoms with Crippen LogP contribution in [0.2, 0.25) is 0 Å². The summed E-state index contributed by atoms with van der Waals surface area (Å²) >= 11 is 5.63. The average Bonchev–Trinajstić information content (AvgIpc) is 2.38. The van der Waals surface area contributed by atoms with E-state index in [4.69, 9.17) is 11.6 Å². The van der Waals surface area contributed by atoms with Gasteiger partial charge in [0.15, 0.2) is 0 Å². The summed E-state index contributed by atoms with van der Waals surface area (Å²) in [5.41, 5.74) is 0.877. The fourth-order valence-electron chi connectivity index (χ4n) is 1.75. The molecule has 1 N–H and O–H groups in total. The third-order valence-corrected chi connectivity index (χ3v) is 2.92. The molecule has 0 amide bonds. The van der Waals surface area contributed by atoms with Crippen molar-refractivity contribution in [3.05, 3.63) is 41.5 Å². The summed E-state index contributed by atoms with van der Waals surface area (Å²) in [7, 11) is 1.81. The number of benzene rings is 1. The van der Waals surface area contributed by atoms with Crippen LogP contribution in [0.5, 0.6) is 0 Å². The van der Waals surface area contributed by atoms with Gasteiger partial charge in [-0.2, -0.15) is 13.2 Å². The SMILES string of the molecule is CNCCC(=CCCCl)c1cccc(C(F)(F)F)c1. The summed E-state index contributed by atoms with van der Waals surface area (Å²) in [6.45, 7) is 0.713. The van der Waals surface area contributed by atoms with Gasteiger partial charge in [0, 0.05) is 5.88 Å². The third-order valence-electron chi connectivity index (χ3n) is 2.70. The van der Waals surface area contributed by atoms with E-state index < -0.39 is 11.7 Å². The molecule has 1 nitrogen and oxygen atoms in total. The molecular weight excluding hydrogens is 275 g/mol. The molecule has 1 aromatic carbocycles. The van der Waals surface area contributed by atoms with Crippen LogP contribution in [0.1, 0.15) is 24.0 Å². The Bertz CT molecular complexity index is 427. The van der Waals surface area contributed by atoms with Crippen molar-refractivity contribution in [2.75, 3.05) is 19.5 Å². The zero-order valence-electron chi connectivity index (χ0n) is 10.7. The maximum atomic E-state index is 12.7. The molecule has 0 aliphatic rings. The normalized spacial score (nSPS) is 12.8. The van der Waals surface area contributed by atoms with Crippen LogP contribution in [0.15, 0.2) is 30.3 Å². The van der Waals surface area contributed by atoms with Gasteiger partial charge in [-0.25, -0.2) is 0 Å². The molecule has 0 aliphatic carbocycles. The maximum Gasteiger partial charge on any atom is 0.416 e. The summed E-state index contributed by atoms with van der Waals surface area (Å²) in [4.78, 5) is 0. The van der Waals surface area contributed by atoms with Gasteiger partial charge >= 0.3 is 6.18 Å². The van der Waals surface area contributed by atoms with Crippen LogP contribution in [-0.4, -0.2) is 19.5 Å². The van der Waals surface area contributed by atoms with Crippen molar-refractivity contribution < 1.29 is 13.2 Å². The molecule has 0 radical (unpaired) electrons. The number of hydrogen-bond acceptors (Lipinski definition) is 1. The topological polar surface area (TPSA) is 12.0 Å². The molecule has 0 atom stereocenters. The highest BCUT2D eigenvalue weighted by Gasteiger charge is 2.30. The molecule has 0 aliphatic heterocycles. The molecule has 0 saturated heterocycles. The maximum absolute atomic E-state index is 12.7. The Labute approximate surface area is 116 Å². The lowest BCUT2D eigenvalue weighted by Gasteiger charge is -2.12. The van der Waals surface area contributed by atoms with Gasteiger partial charge in [-0.15, -0.1) is 11.6 Å². The smallest absolute Gasteiger partial charge is 0.319 e. The minimum Gasteiger partial charge on any atom is -0.319 e. The van der Waals surface area contributed by atoms with E-state index in [0.29, 0.717) is 30.8 Å². The second kappa shape index (κ2) is 7.56. The Balaban J connectivity index is 3.01. The van der Waals surface area contributed by atoms with Crippen molar-refractivity contribution in [1.29, 1.82) is 0 Å². The molecule has 0 aromatic heterocycles. The average molecular weight is 292 g/mol. The highest BCUT2D eigenvalue weighted by molar-refractivity contribution is 6.17. The van der Waals surface area contributed by atoms with Gasteiger partial charge in [0.1, 0.15) is 0 Å². The highest BCUT2D eigenvalue weighted by Crippen LogP contribution is 2.31. The molecule has 0 bridgehead atoms. The molecule has 0 heterocycles. The highest BCUT2D eigenvalue weighted by atomic mass is 35.5. The van der Waals surface area contributed by atoms with E-state index in [0.717, 1.165) is 11.6 Å². The zero-order valence-corrected chi connectivity index (χ0v) is 11.5. The van der Waals surface area contributed by atoms with E-state index in [1.165, 1.54) is 12.1 Å². The molecule has 5 heteroatoms. The summed E-state index contributed by atoms with van der Waals surface area (Å²) in [5, 5.41) is 2.99. The lowest BCUT2D eigenvalue weighted by atomic mass is 9.99. The van der Waals surface area contributed by atoms with Gasteiger partial charge in [0.25, 0.3) is 0 Å². The van der Waals surface area contributed by atoms with Crippen LogP contribution in [0.25, 0.3) is 5.57 Å². The van der Waals surface area contributed by atoms with Gasteiger partial charge < -0.3 is 5.32 Å². The Hall–Kier alpha value is -1.00. The van der Waals surface area contributed by atoms with E-state index >= 15 is 0 Å². The number of alkyl halides is 4. The van der Waals surface area contributed by atoms with E-state index in [1.807, 2.05) is 13.1 Å². The molecule has 0 unspecified atom stereocenters. The second-order valence-electron chi connectivity index (χ2n) is 4.14. The van der Waals surface area contributed by atoms with E-state index in [-0.39, 0.29) is 0 Å². The van der Waals surface area contributed by atoms with Gasteiger partial charge in [-0.3, -0.25) is 0 Å². The van der Waals surface area contributed by atoms with Gasteiger partial charge in [0.05, 0.1) is 5.56 Å². The van der Waals surface area contributed by atoms with E-state index in [1.54, 1.807) is 6.07 Å².